The van der Waals surface area contributed by atoms with Crippen LogP contribution >= 0.6 is 0 Å². The van der Waals surface area contributed by atoms with Crippen LogP contribution in [0.15, 0.2) is 43.0 Å². The Bertz CT molecular complexity index is 1760. The molecule has 1 atom stereocenters. The zero-order chi connectivity index (χ0) is 30.8. The smallest absolute Gasteiger partial charge is 0.252 e. The number of amides is 1. The topological polar surface area (TPSA) is 153 Å². The summed E-state index contributed by atoms with van der Waals surface area (Å²) in [4.78, 5) is 27.6. The van der Waals surface area contributed by atoms with Gasteiger partial charge in [-0.05, 0) is 51.2 Å². The van der Waals surface area contributed by atoms with Crippen molar-refractivity contribution in [1.82, 2.24) is 50.0 Å². The highest BCUT2D eigenvalue weighted by Gasteiger charge is 2.43. The standard InChI is InChI=1S/C29H33F2N11O2/c1-17-12-23(40-39-17)36-26-22-15-34-41(11-10-30)27(22)38-25(37-26)19-6-8-29(44-3,9-7-19)28(43)35-18(2)20-4-5-24(32-13-20)42-16-21(31)14-33-42/h4-5,12-16,18-19H,6-11H2,1-3H3,(H,35,43)(H2,36,37,38,39,40)/t18-,19-,29+/m0/s1. The number of nitrogens with zero attached hydrogens (tertiary/aromatic N) is 8. The van der Waals surface area contributed by atoms with E-state index in [-0.39, 0.29) is 24.4 Å². The minimum atomic E-state index is -1.02. The summed E-state index contributed by atoms with van der Waals surface area (Å²) in [6.07, 6.45) is 7.74. The van der Waals surface area contributed by atoms with Crippen LogP contribution in [0.2, 0.25) is 0 Å². The first kappa shape index (κ1) is 29.3. The number of pyridine rings is 1. The van der Waals surface area contributed by atoms with E-state index in [4.69, 9.17) is 14.7 Å². The van der Waals surface area contributed by atoms with Gasteiger partial charge in [0.05, 0.1) is 36.6 Å². The molecule has 1 aliphatic rings. The first-order chi connectivity index (χ1) is 21.3. The molecule has 0 radical (unpaired) electrons. The van der Waals surface area contributed by atoms with Crippen molar-refractivity contribution in [3.8, 4) is 5.82 Å². The van der Waals surface area contributed by atoms with Crippen molar-refractivity contribution >= 4 is 28.6 Å². The van der Waals surface area contributed by atoms with Crippen molar-refractivity contribution in [1.29, 1.82) is 0 Å². The molecule has 1 aliphatic carbocycles. The molecule has 0 bridgehead atoms. The van der Waals surface area contributed by atoms with E-state index in [1.807, 2.05) is 26.0 Å². The maximum atomic E-state index is 13.6. The van der Waals surface area contributed by atoms with Crippen LogP contribution in [-0.2, 0) is 16.1 Å². The molecule has 0 spiro atoms. The Morgan fingerprint density at radius 2 is 2.02 bits per heavy atom. The summed E-state index contributed by atoms with van der Waals surface area (Å²) < 4.78 is 35.3. The maximum Gasteiger partial charge on any atom is 0.252 e. The van der Waals surface area contributed by atoms with Crippen LogP contribution in [0.1, 0.15) is 61.6 Å². The predicted molar refractivity (Wildman–Crippen MR) is 157 cm³/mol. The van der Waals surface area contributed by atoms with Crippen LogP contribution in [0.3, 0.4) is 0 Å². The molecule has 1 fully saturated rings. The Labute approximate surface area is 251 Å². The van der Waals surface area contributed by atoms with Crippen LogP contribution in [-0.4, -0.2) is 70.0 Å². The van der Waals surface area contributed by atoms with Gasteiger partial charge in [0.15, 0.2) is 23.1 Å². The number of aromatic nitrogens is 9. The number of hydrogen-bond acceptors (Lipinski definition) is 9. The summed E-state index contributed by atoms with van der Waals surface area (Å²) in [6.45, 7) is 3.28. The Morgan fingerprint density at radius 3 is 2.66 bits per heavy atom. The Kier molecular flexibility index (Phi) is 8.03. The van der Waals surface area contributed by atoms with Crippen LogP contribution in [0.4, 0.5) is 20.4 Å². The van der Waals surface area contributed by atoms with Gasteiger partial charge in [-0.3, -0.25) is 9.89 Å². The van der Waals surface area contributed by atoms with Gasteiger partial charge in [0.2, 0.25) is 0 Å². The summed E-state index contributed by atoms with van der Waals surface area (Å²) in [7, 11) is 1.55. The van der Waals surface area contributed by atoms with E-state index in [0.29, 0.717) is 60.0 Å². The highest BCUT2D eigenvalue weighted by Crippen LogP contribution is 2.40. The lowest BCUT2D eigenvalue weighted by atomic mass is 9.77. The van der Waals surface area contributed by atoms with Gasteiger partial charge in [-0.25, -0.2) is 33.1 Å². The number of ether oxygens (including phenoxy) is 1. The number of carbonyl (C=O) groups excluding carboxylic acids is 1. The summed E-state index contributed by atoms with van der Waals surface area (Å²) in [5.41, 5.74) is 1.20. The predicted octanol–water partition coefficient (Wildman–Crippen LogP) is 4.21. The van der Waals surface area contributed by atoms with Crippen LogP contribution in [0.25, 0.3) is 16.9 Å². The van der Waals surface area contributed by atoms with Gasteiger partial charge < -0.3 is 15.4 Å². The molecule has 5 aromatic heterocycles. The van der Waals surface area contributed by atoms with Gasteiger partial charge in [-0.2, -0.15) is 15.3 Å². The number of rotatable bonds is 10. The lowest BCUT2D eigenvalue weighted by Crippen LogP contribution is -2.50. The second-order valence-electron chi connectivity index (χ2n) is 11.0. The zero-order valence-corrected chi connectivity index (χ0v) is 24.6. The van der Waals surface area contributed by atoms with Gasteiger partial charge in [-0.1, -0.05) is 6.07 Å². The van der Waals surface area contributed by atoms with E-state index in [9.17, 15) is 13.6 Å². The second-order valence-corrected chi connectivity index (χ2v) is 11.0. The van der Waals surface area contributed by atoms with E-state index in [1.54, 1.807) is 25.6 Å². The number of anilines is 2. The number of H-pyrrole nitrogens is 1. The lowest BCUT2D eigenvalue weighted by Gasteiger charge is -2.38. The van der Waals surface area contributed by atoms with E-state index in [1.165, 1.54) is 15.6 Å². The van der Waals surface area contributed by atoms with Crippen molar-refractivity contribution in [2.45, 2.75) is 63.6 Å². The van der Waals surface area contributed by atoms with Crippen LogP contribution in [0.5, 0.6) is 0 Å². The van der Waals surface area contributed by atoms with Gasteiger partial charge in [0.1, 0.15) is 23.9 Å². The molecule has 44 heavy (non-hydrogen) atoms. The third-order valence-electron chi connectivity index (χ3n) is 8.13. The van der Waals surface area contributed by atoms with E-state index in [0.717, 1.165) is 17.5 Å². The average Bonchev–Trinajstić information content (AvgIpc) is 3.77. The van der Waals surface area contributed by atoms with Crippen LogP contribution < -0.4 is 10.6 Å². The molecule has 5 heterocycles. The largest absolute Gasteiger partial charge is 0.368 e. The molecule has 0 unspecified atom stereocenters. The van der Waals surface area contributed by atoms with Crippen molar-refractivity contribution in [2.75, 3.05) is 19.1 Å². The number of hydrogen-bond donors (Lipinski definition) is 3. The number of carbonyl (C=O) groups is 1. The SMILES string of the molecule is CO[C@]1(C(=O)N[C@@H](C)c2ccc(-n3cc(F)cn3)nc2)CC[C@H](c2nc(Nc3cc(C)[nH]n3)c3cnn(CCF)c3n2)CC1. The summed E-state index contributed by atoms with van der Waals surface area (Å²) >= 11 is 0. The van der Waals surface area contributed by atoms with E-state index < -0.39 is 18.1 Å². The molecule has 0 aliphatic heterocycles. The molecule has 3 N–H and O–H groups in total. The minimum absolute atomic E-state index is 0.0491. The van der Waals surface area contributed by atoms with E-state index >= 15 is 0 Å². The molecule has 15 heteroatoms. The number of alkyl halides is 1. The Hall–Kier alpha value is -4.79. The molecular weight excluding hydrogens is 572 g/mol. The summed E-state index contributed by atoms with van der Waals surface area (Å²) in [5, 5.41) is 22.4. The van der Waals surface area contributed by atoms with Gasteiger partial charge in [0.25, 0.3) is 5.91 Å². The van der Waals surface area contributed by atoms with E-state index in [2.05, 4.69) is 36.0 Å². The normalized spacial score (nSPS) is 19.2. The van der Waals surface area contributed by atoms with Crippen molar-refractivity contribution in [3.63, 3.8) is 0 Å². The van der Waals surface area contributed by atoms with Gasteiger partial charge in [0, 0.05) is 31.0 Å². The Balaban J connectivity index is 1.17. The van der Waals surface area contributed by atoms with Crippen molar-refractivity contribution in [3.05, 3.63) is 65.9 Å². The molecule has 1 amide bonds. The van der Waals surface area contributed by atoms with Crippen molar-refractivity contribution in [2.24, 2.45) is 0 Å². The minimum Gasteiger partial charge on any atom is -0.368 e. The average molecular weight is 606 g/mol. The zero-order valence-electron chi connectivity index (χ0n) is 24.6. The number of fused-ring (bicyclic) bond motifs is 1. The molecule has 230 valence electrons. The third-order valence-corrected chi connectivity index (χ3v) is 8.13. The Morgan fingerprint density at radius 1 is 1.20 bits per heavy atom. The van der Waals surface area contributed by atoms with Crippen LogP contribution in [0, 0.1) is 12.7 Å². The van der Waals surface area contributed by atoms with Gasteiger partial charge in [-0.15, -0.1) is 0 Å². The fraction of sp³-hybridized carbons (Fsp3) is 0.414. The maximum absolute atomic E-state index is 13.6. The molecular formula is C29H33F2N11O2. The van der Waals surface area contributed by atoms with Crippen molar-refractivity contribution < 1.29 is 18.3 Å². The lowest BCUT2D eigenvalue weighted by molar-refractivity contribution is -0.148. The molecule has 0 aromatic carbocycles. The number of methoxy groups -OCH3 is 1. The monoisotopic (exact) mass is 605 g/mol. The fourth-order valence-electron chi connectivity index (χ4n) is 5.59. The fourth-order valence-corrected chi connectivity index (χ4v) is 5.59. The highest BCUT2D eigenvalue weighted by atomic mass is 19.1. The molecule has 6 rings (SSSR count). The summed E-state index contributed by atoms with van der Waals surface area (Å²) in [5.74, 6) is 1.48. The number of aromatic amines is 1. The highest BCUT2D eigenvalue weighted by molar-refractivity contribution is 5.88. The molecule has 5 aromatic rings. The number of nitrogens with one attached hydrogen (secondary N) is 3. The first-order valence-corrected chi connectivity index (χ1v) is 14.4. The number of aryl methyl sites for hydroxylation is 2. The third kappa shape index (κ3) is 5.74. The molecule has 13 nitrogen and oxygen atoms in total. The second kappa shape index (κ2) is 12.1. The van der Waals surface area contributed by atoms with Gasteiger partial charge >= 0.3 is 0 Å². The molecule has 0 saturated heterocycles. The molecule has 1 saturated carbocycles. The first-order valence-electron chi connectivity index (χ1n) is 14.4. The number of halogens is 2. The summed E-state index contributed by atoms with van der Waals surface area (Å²) in [6, 6.07) is 5.05. The quantitative estimate of drug-likeness (QED) is 0.212.